The van der Waals surface area contributed by atoms with E-state index in [1.165, 1.54) is 0 Å². The number of piperazine rings is 1. The lowest BCUT2D eigenvalue weighted by atomic mass is 10.1. The van der Waals surface area contributed by atoms with E-state index in [1.54, 1.807) is 48.6 Å². The molecule has 3 aromatic rings. The molecule has 2 aromatic heterocycles. The van der Waals surface area contributed by atoms with Crippen LogP contribution in [0.15, 0.2) is 49.2 Å². The summed E-state index contributed by atoms with van der Waals surface area (Å²) in [5, 5.41) is 5.93. The van der Waals surface area contributed by atoms with Crippen molar-refractivity contribution in [2.24, 2.45) is 0 Å². The summed E-state index contributed by atoms with van der Waals surface area (Å²) in [6.45, 7) is 4.40. The van der Waals surface area contributed by atoms with Crippen molar-refractivity contribution in [3.8, 4) is 17.4 Å². The molecule has 38 heavy (non-hydrogen) atoms. The van der Waals surface area contributed by atoms with Crippen molar-refractivity contribution in [2.45, 2.75) is 32.4 Å². The molecule has 1 aliphatic rings. The van der Waals surface area contributed by atoms with E-state index in [0.717, 1.165) is 12.0 Å². The third-order valence-electron chi connectivity index (χ3n) is 6.31. The number of amides is 3. The first-order valence-electron chi connectivity index (χ1n) is 12.6. The number of ether oxygens (including phenoxy) is 2. The first-order valence-corrected chi connectivity index (χ1v) is 12.6. The van der Waals surface area contributed by atoms with Crippen LogP contribution in [0.4, 0.5) is 10.6 Å². The Morgan fingerprint density at radius 3 is 2.66 bits per heavy atom. The first-order chi connectivity index (χ1) is 18.5. The summed E-state index contributed by atoms with van der Waals surface area (Å²) >= 11 is 0. The van der Waals surface area contributed by atoms with Crippen molar-refractivity contribution in [1.29, 1.82) is 0 Å². The molecule has 0 spiro atoms. The molecular weight excluding hydrogens is 488 g/mol. The minimum atomic E-state index is -0.271. The lowest BCUT2D eigenvalue weighted by Gasteiger charge is -2.41. The zero-order valence-electron chi connectivity index (χ0n) is 22.0. The van der Waals surface area contributed by atoms with Crippen molar-refractivity contribution in [2.75, 3.05) is 45.3 Å². The second kappa shape index (κ2) is 12.7. The summed E-state index contributed by atoms with van der Waals surface area (Å²) in [7, 11) is 3.16. The van der Waals surface area contributed by atoms with Crippen LogP contribution in [-0.2, 0) is 11.3 Å². The van der Waals surface area contributed by atoms with E-state index < -0.39 is 0 Å². The van der Waals surface area contributed by atoms with Gasteiger partial charge in [-0.3, -0.25) is 9.36 Å². The molecular formula is C26H34N8O4. The van der Waals surface area contributed by atoms with Crippen molar-refractivity contribution in [3.63, 3.8) is 0 Å². The number of imidazole rings is 1. The lowest BCUT2D eigenvalue weighted by Crippen LogP contribution is -2.58. The Kier molecular flexibility index (Phi) is 8.96. The predicted octanol–water partition coefficient (Wildman–Crippen LogP) is 2.00. The molecule has 1 unspecified atom stereocenters. The number of benzene rings is 1. The van der Waals surface area contributed by atoms with Crippen molar-refractivity contribution >= 4 is 17.8 Å². The normalized spacial score (nSPS) is 15.2. The average molecular weight is 523 g/mol. The predicted molar refractivity (Wildman–Crippen MR) is 142 cm³/mol. The number of aromatic nitrogens is 4. The second-order valence-corrected chi connectivity index (χ2v) is 8.88. The van der Waals surface area contributed by atoms with Crippen LogP contribution in [0.5, 0.6) is 11.5 Å². The maximum atomic E-state index is 13.1. The number of nitrogens with one attached hydrogen (secondary N) is 2. The molecule has 0 radical (unpaired) electrons. The number of rotatable bonds is 10. The molecule has 1 fully saturated rings. The molecule has 1 saturated heterocycles. The number of hydrogen-bond donors (Lipinski definition) is 2. The number of methoxy groups -OCH3 is 2. The van der Waals surface area contributed by atoms with Crippen LogP contribution in [0.1, 0.15) is 25.3 Å². The monoisotopic (exact) mass is 522 g/mol. The van der Waals surface area contributed by atoms with Gasteiger partial charge in [-0.25, -0.2) is 14.8 Å². The van der Waals surface area contributed by atoms with Gasteiger partial charge < -0.3 is 29.9 Å². The fraction of sp³-hybridized carbons (Fsp3) is 0.423. The van der Waals surface area contributed by atoms with Gasteiger partial charge in [-0.05, 0) is 30.2 Å². The van der Waals surface area contributed by atoms with Crippen LogP contribution in [0.2, 0.25) is 0 Å². The Morgan fingerprint density at radius 1 is 1.08 bits per heavy atom. The molecule has 2 N–H and O–H groups in total. The minimum Gasteiger partial charge on any atom is -0.493 e. The summed E-state index contributed by atoms with van der Waals surface area (Å²) in [5.41, 5.74) is 0.887. The highest BCUT2D eigenvalue weighted by Gasteiger charge is 2.32. The quantitative estimate of drug-likeness (QED) is 0.414. The van der Waals surface area contributed by atoms with E-state index in [2.05, 4.69) is 25.5 Å². The summed E-state index contributed by atoms with van der Waals surface area (Å²) in [5.74, 6) is 2.27. The lowest BCUT2D eigenvalue weighted by molar-refractivity contribution is -0.121. The fourth-order valence-corrected chi connectivity index (χ4v) is 4.34. The molecule has 202 valence electrons. The Bertz CT molecular complexity index is 1220. The third kappa shape index (κ3) is 6.50. The number of carbonyl (C=O) groups excluding carboxylic acids is 2. The van der Waals surface area contributed by atoms with Gasteiger partial charge in [0.1, 0.15) is 12.1 Å². The Balaban J connectivity index is 1.48. The van der Waals surface area contributed by atoms with Crippen molar-refractivity contribution < 1.29 is 19.1 Å². The van der Waals surface area contributed by atoms with Crippen LogP contribution >= 0.6 is 0 Å². The van der Waals surface area contributed by atoms with Gasteiger partial charge in [-0.15, -0.1) is 0 Å². The van der Waals surface area contributed by atoms with Gasteiger partial charge in [0.15, 0.2) is 11.5 Å². The Labute approximate surface area is 222 Å². The molecule has 3 amide bonds. The van der Waals surface area contributed by atoms with Gasteiger partial charge in [0.05, 0.1) is 20.3 Å². The summed E-state index contributed by atoms with van der Waals surface area (Å²) in [6.07, 6.45) is 7.80. The standard InChI is InChI=1S/C26H34N8O4/c1-4-8-29-26(36)32-12-13-34(23-7-9-28-25(31-23)33-11-10-27-18-33)20(17-32)15-24(35)30-16-19-5-6-21(37-2)22(14-19)38-3/h5-7,9-11,14,18,20H,4,8,12-13,15-17H2,1-3H3,(H,29,36)(H,30,35). The number of urea groups is 1. The highest BCUT2D eigenvalue weighted by Crippen LogP contribution is 2.27. The van der Waals surface area contributed by atoms with E-state index in [9.17, 15) is 9.59 Å². The topological polar surface area (TPSA) is 127 Å². The molecule has 4 rings (SSSR count). The largest absolute Gasteiger partial charge is 0.493 e. The van der Waals surface area contributed by atoms with Gasteiger partial charge in [0.25, 0.3) is 0 Å². The second-order valence-electron chi connectivity index (χ2n) is 8.88. The van der Waals surface area contributed by atoms with Gasteiger partial charge >= 0.3 is 6.03 Å². The Hall–Kier alpha value is -4.35. The maximum absolute atomic E-state index is 13.1. The van der Waals surface area contributed by atoms with Gasteiger partial charge in [-0.1, -0.05) is 13.0 Å². The smallest absolute Gasteiger partial charge is 0.317 e. The fourth-order valence-electron chi connectivity index (χ4n) is 4.34. The van der Waals surface area contributed by atoms with Gasteiger partial charge in [0, 0.05) is 57.7 Å². The van der Waals surface area contributed by atoms with E-state index in [4.69, 9.17) is 14.5 Å². The van der Waals surface area contributed by atoms with Crippen LogP contribution in [0, 0.1) is 0 Å². The average Bonchev–Trinajstić information content (AvgIpc) is 3.50. The molecule has 0 bridgehead atoms. The van der Waals surface area contributed by atoms with Gasteiger partial charge in [-0.2, -0.15) is 4.98 Å². The molecule has 12 heteroatoms. The van der Waals surface area contributed by atoms with Crippen molar-refractivity contribution in [1.82, 2.24) is 35.1 Å². The number of carbonyl (C=O) groups is 2. The molecule has 12 nitrogen and oxygen atoms in total. The van der Waals surface area contributed by atoms with E-state index in [-0.39, 0.29) is 24.4 Å². The molecule has 3 heterocycles. The number of hydrogen-bond acceptors (Lipinski definition) is 8. The van der Waals surface area contributed by atoms with Crippen LogP contribution in [-0.4, -0.2) is 82.8 Å². The van der Waals surface area contributed by atoms with E-state index >= 15 is 0 Å². The Morgan fingerprint density at radius 2 is 1.92 bits per heavy atom. The molecule has 0 saturated carbocycles. The van der Waals surface area contributed by atoms with Crippen LogP contribution < -0.4 is 25.0 Å². The van der Waals surface area contributed by atoms with Crippen LogP contribution in [0.3, 0.4) is 0 Å². The number of nitrogens with zero attached hydrogens (tertiary/aromatic N) is 6. The maximum Gasteiger partial charge on any atom is 0.317 e. The van der Waals surface area contributed by atoms with E-state index in [0.29, 0.717) is 56.0 Å². The first kappa shape index (κ1) is 26.7. The minimum absolute atomic E-state index is 0.121. The van der Waals surface area contributed by atoms with Crippen LogP contribution in [0.25, 0.3) is 5.95 Å². The summed E-state index contributed by atoms with van der Waals surface area (Å²) < 4.78 is 12.4. The summed E-state index contributed by atoms with van der Waals surface area (Å²) in [4.78, 5) is 42.7. The van der Waals surface area contributed by atoms with Gasteiger partial charge in [0.2, 0.25) is 11.9 Å². The zero-order chi connectivity index (χ0) is 26.9. The third-order valence-corrected chi connectivity index (χ3v) is 6.31. The highest BCUT2D eigenvalue weighted by molar-refractivity contribution is 5.78. The zero-order valence-corrected chi connectivity index (χ0v) is 22.0. The molecule has 1 aromatic carbocycles. The van der Waals surface area contributed by atoms with E-state index in [1.807, 2.05) is 31.2 Å². The SMILES string of the molecule is CCCNC(=O)N1CCN(c2ccnc(-n3ccnc3)n2)C(CC(=O)NCc2ccc(OC)c(OC)c2)C1. The summed E-state index contributed by atoms with van der Waals surface area (Å²) in [6, 6.07) is 6.96. The van der Waals surface area contributed by atoms with Crippen molar-refractivity contribution in [3.05, 3.63) is 54.7 Å². The highest BCUT2D eigenvalue weighted by atomic mass is 16.5. The molecule has 1 atom stereocenters. The molecule has 1 aliphatic heterocycles. The number of anilines is 1. The molecule has 0 aliphatic carbocycles.